The molecule has 0 spiro atoms. The Bertz CT molecular complexity index is 732. The van der Waals surface area contributed by atoms with E-state index in [-0.39, 0.29) is 0 Å². The Balaban J connectivity index is 2.43. The van der Waals surface area contributed by atoms with Crippen molar-refractivity contribution in [3.63, 3.8) is 0 Å². The summed E-state index contributed by atoms with van der Waals surface area (Å²) in [6.45, 7) is 2.05. The van der Waals surface area contributed by atoms with Gasteiger partial charge in [-0.3, -0.25) is 4.57 Å². The lowest BCUT2D eigenvalue weighted by Crippen LogP contribution is -1.97. The molecule has 0 aliphatic heterocycles. The maximum atomic E-state index is 5.33. The number of nitrogens with zero attached hydrogens (tertiary/aromatic N) is 1. The van der Waals surface area contributed by atoms with Crippen LogP contribution in [-0.2, 0) is 0 Å². The van der Waals surface area contributed by atoms with Gasteiger partial charge in [0.1, 0.15) is 0 Å². The van der Waals surface area contributed by atoms with Crippen molar-refractivity contribution in [1.29, 1.82) is 0 Å². The summed E-state index contributed by atoms with van der Waals surface area (Å²) in [5, 5.41) is 2.45. The van der Waals surface area contributed by atoms with Crippen molar-refractivity contribution in [2.45, 2.75) is 6.92 Å². The minimum absolute atomic E-state index is 0.735. The van der Waals surface area contributed by atoms with Crippen LogP contribution in [0.3, 0.4) is 0 Å². The molecule has 0 saturated carbocycles. The molecule has 1 heterocycles. The predicted molar refractivity (Wildman–Crippen MR) is 73.2 cm³/mol. The largest absolute Gasteiger partial charge is 0.337 e. The van der Waals surface area contributed by atoms with E-state index in [4.69, 9.17) is 12.2 Å². The van der Waals surface area contributed by atoms with Gasteiger partial charge in [0, 0.05) is 17.3 Å². The highest BCUT2D eigenvalue weighted by atomic mass is 32.1. The molecule has 1 aromatic heterocycles. The Kier molecular flexibility index (Phi) is 2.34. The van der Waals surface area contributed by atoms with Crippen molar-refractivity contribution in [1.82, 2.24) is 9.55 Å². The highest BCUT2D eigenvalue weighted by Crippen LogP contribution is 2.23. The molecule has 0 amide bonds. The highest BCUT2D eigenvalue weighted by Gasteiger charge is 2.05. The molecule has 0 aliphatic carbocycles. The number of fused-ring (bicyclic) bond motifs is 1. The average Bonchev–Trinajstić information content (AvgIpc) is 2.69. The molecule has 0 saturated heterocycles. The number of benzene rings is 2. The molecule has 3 aromatic rings. The molecule has 0 bridgehead atoms. The summed E-state index contributed by atoms with van der Waals surface area (Å²) in [6, 6.07) is 14.6. The van der Waals surface area contributed by atoms with Gasteiger partial charge in [0.05, 0.1) is 5.69 Å². The first kappa shape index (κ1) is 10.3. The number of rotatable bonds is 1. The zero-order chi connectivity index (χ0) is 11.8. The van der Waals surface area contributed by atoms with E-state index in [1.165, 1.54) is 10.8 Å². The lowest BCUT2D eigenvalue weighted by atomic mass is 10.1. The minimum atomic E-state index is 0.735. The molecular weight excluding hydrogens is 228 g/mol. The smallest absolute Gasteiger partial charge is 0.182 e. The van der Waals surface area contributed by atoms with E-state index in [1.54, 1.807) is 0 Å². The van der Waals surface area contributed by atoms with Gasteiger partial charge in [0.2, 0.25) is 0 Å². The fourth-order valence-electron chi connectivity index (χ4n) is 2.16. The van der Waals surface area contributed by atoms with Crippen LogP contribution in [0.5, 0.6) is 0 Å². The van der Waals surface area contributed by atoms with Crippen LogP contribution in [0.1, 0.15) is 5.69 Å². The van der Waals surface area contributed by atoms with Crippen LogP contribution in [0.25, 0.3) is 16.5 Å². The van der Waals surface area contributed by atoms with Crippen molar-refractivity contribution in [2.75, 3.05) is 0 Å². The summed E-state index contributed by atoms with van der Waals surface area (Å²) < 4.78 is 2.80. The van der Waals surface area contributed by atoms with Gasteiger partial charge in [-0.05, 0) is 30.6 Å². The Morgan fingerprint density at radius 1 is 1.06 bits per heavy atom. The standard InChI is InChI=1S/C14H12N2S/c1-10-9-15-14(17)16(10)13-8-4-6-11-5-2-3-7-12(11)13/h2-9H,1H3,(H,15,17). The lowest BCUT2D eigenvalue weighted by molar-refractivity contribution is 0.995. The van der Waals surface area contributed by atoms with Crippen LogP contribution in [0.2, 0.25) is 0 Å². The third-order valence-corrected chi connectivity index (χ3v) is 3.27. The first-order valence-corrected chi connectivity index (χ1v) is 5.93. The van der Waals surface area contributed by atoms with E-state index in [2.05, 4.69) is 52.0 Å². The van der Waals surface area contributed by atoms with E-state index >= 15 is 0 Å². The molecule has 0 atom stereocenters. The SMILES string of the molecule is Cc1c[nH]c(=S)n1-c1cccc2ccccc12. The molecule has 84 valence electrons. The minimum Gasteiger partial charge on any atom is -0.337 e. The number of aryl methyl sites for hydroxylation is 1. The maximum absolute atomic E-state index is 5.33. The number of hydrogen-bond donors (Lipinski definition) is 1. The number of H-pyrrole nitrogens is 1. The quantitative estimate of drug-likeness (QED) is 0.638. The molecule has 1 N–H and O–H groups in total. The fraction of sp³-hybridized carbons (Fsp3) is 0.0714. The number of aromatic nitrogens is 2. The molecule has 17 heavy (non-hydrogen) atoms. The third-order valence-electron chi connectivity index (χ3n) is 2.97. The van der Waals surface area contributed by atoms with Crippen molar-refractivity contribution in [2.24, 2.45) is 0 Å². The second kappa shape index (κ2) is 3.86. The average molecular weight is 240 g/mol. The van der Waals surface area contributed by atoms with Crippen molar-refractivity contribution < 1.29 is 0 Å². The second-order valence-corrected chi connectivity index (χ2v) is 4.46. The van der Waals surface area contributed by atoms with Gasteiger partial charge in [-0.2, -0.15) is 0 Å². The van der Waals surface area contributed by atoms with Crippen LogP contribution >= 0.6 is 12.2 Å². The zero-order valence-electron chi connectivity index (χ0n) is 9.47. The van der Waals surface area contributed by atoms with E-state index in [0.717, 1.165) is 16.2 Å². The van der Waals surface area contributed by atoms with E-state index in [1.807, 2.05) is 13.1 Å². The Labute approximate surface area is 105 Å². The number of imidazole rings is 1. The Hall–Kier alpha value is -1.87. The topological polar surface area (TPSA) is 20.7 Å². The van der Waals surface area contributed by atoms with Gasteiger partial charge in [-0.25, -0.2) is 0 Å². The summed E-state index contributed by atoms with van der Waals surface area (Å²) >= 11 is 5.33. The molecule has 0 fully saturated rings. The summed E-state index contributed by atoms with van der Waals surface area (Å²) in [5.41, 5.74) is 2.25. The molecule has 0 unspecified atom stereocenters. The van der Waals surface area contributed by atoms with Gasteiger partial charge in [-0.1, -0.05) is 36.4 Å². The lowest BCUT2D eigenvalue weighted by Gasteiger charge is -2.09. The van der Waals surface area contributed by atoms with Gasteiger partial charge < -0.3 is 4.98 Å². The van der Waals surface area contributed by atoms with Crippen LogP contribution in [0, 0.1) is 11.7 Å². The number of aromatic amines is 1. The monoisotopic (exact) mass is 240 g/mol. The van der Waals surface area contributed by atoms with Crippen molar-refractivity contribution in [3.8, 4) is 5.69 Å². The van der Waals surface area contributed by atoms with Gasteiger partial charge in [0.25, 0.3) is 0 Å². The van der Waals surface area contributed by atoms with Crippen molar-refractivity contribution in [3.05, 3.63) is 59.1 Å². The van der Waals surface area contributed by atoms with Crippen LogP contribution < -0.4 is 0 Å². The van der Waals surface area contributed by atoms with Crippen LogP contribution in [0.15, 0.2) is 48.7 Å². The molecule has 2 aromatic carbocycles. The number of nitrogens with one attached hydrogen (secondary N) is 1. The Morgan fingerprint density at radius 2 is 1.82 bits per heavy atom. The van der Waals surface area contributed by atoms with Crippen LogP contribution in [0.4, 0.5) is 0 Å². The number of hydrogen-bond acceptors (Lipinski definition) is 1. The molecule has 0 aliphatic rings. The third kappa shape index (κ3) is 1.59. The maximum Gasteiger partial charge on any atom is 0.182 e. The summed E-state index contributed by atoms with van der Waals surface area (Å²) in [6.07, 6.45) is 1.93. The molecule has 0 radical (unpaired) electrons. The van der Waals surface area contributed by atoms with Crippen molar-refractivity contribution >= 4 is 23.0 Å². The van der Waals surface area contributed by atoms with Gasteiger partial charge in [0.15, 0.2) is 4.77 Å². The normalized spacial score (nSPS) is 10.9. The second-order valence-electron chi connectivity index (χ2n) is 4.07. The van der Waals surface area contributed by atoms with Gasteiger partial charge >= 0.3 is 0 Å². The van der Waals surface area contributed by atoms with E-state index in [0.29, 0.717) is 0 Å². The zero-order valence-corrected chi connectivity index (χ0v) is 10.3. The summed E-state index contributed by atoms with van der Waals surface area (Å²) in [4.78, 5) is 3.08. The van der Waals surface area contributed by atoms with E-state index in [9.17, 15) is 0 Å². The predicted octanol–water partition coefficient (Wildman–Crippen LogP) is 4.00. The van der Waals surface area contributed by atoms with Gasteiger partial charge in [-0.15, -0.1) is 0 Å². The molecular formula is C14H12N2S. The first-order chi connectivity index (χ1) is 8.27. The summed E-state index contributed by atoms with van der Waals surface area (Å²) in [7, 11) is 0. The fourth-order valence-corrected chi connectivity index (χ4v) is 2.46. The molecule has 3 rings (SSSR count). The van der Waals surface area contributed by atoms with E-state index < -0.39 is 0 Å². The first-order valence-electron chi connectivity index (χ1n) is 5.52. The molecule has 2 nitrogen and oxygen atoms in total. The Morgan fingerprint density at radius 3 is 2.59 bits per heavy atom. The van der Waals surface area contributed by atoms with Crippen LogP contribution in [-0.4, -0.2) is 9.55 Å². The highest BCUT2D eigenvalue weighted by molar-refractivity contribution is 7.71. The molecule has 3 heteroatoms. The summed E-state index contributed by atoms with van der Waals surface area (Å²) in [5.74, 6) is 0.